The van der Waals surface area contributed by atoms with Gasteiger partial charge in [0.25, 0.3) is 0 Å². The van der Waals surface area contributed by atoms with E-state index in [0.717, 1.165) is 50.8 Å². The average molecular weight is 375 g/mol. The maximum Gasteiger partial charge on any atom is 0.305 e. The van der Waals surface area contributed by atoms with Gasteiger partial charge >= 0.3 is 5.97 Å². The first-order valence-electron chi connectivity index (χ1n) is 10.1. The number of amides is 1. The molecule has 1 aromatic rings. The highest BCUT2D eigenvalue weighted by Gasteiger charge is 2.40. The number of halogens is 1. The normalized spacial score (nSPS) is 24.6. The number of piperidine rings is 1. The van der Waals surface area contributed by atoms with Crippen LogP contribution in [0.1, 0.15) is 56.9 Å². The van der Waals surface area contributed by atoms with Gasteiger partial charge in [-0.1, -0.05) is 18.6 Å². The summed E-state index contributed by atoms with van der Waals surface area (Å²) in [7, 11) is 1.44. The molecule has 1 aliphatic heterocycles. The molecule has 1 unspecified atom stereocenters. The van der Waals surface area contributed by atoms with E-state index in [1.165, 1.54) is 13.2 Å². The van der Waals surface area contributed by atoms with Crippen LogP contribution in [0.15, 0.2) is 24.3 Å². The van der Waals surface area contributed by atoms with E-state index in [-0.39, 0.29) is 29.5 Å². The maximum atomic E-state index is 14.0. The van der Waals surface area contributed by atoms with E-state index in [1.54, 1.807) is 19.1 Å². The summed E-state index contributed by atoms with van der Waals surface area (Å²) in [6, 6.07) is 6.96. The molecule has 1 saturated heterocycles. The minimum atomic E-state index is -0.207. The molecule has 1 amide bonds. The molecule has 0 bridgehead atoms. The van der Waals surface area contributed by atoms with E-state index in [1.807, 2.05) is 11.0 Å². The van der Waals surface area contributed by atoms with Gasteiger partial charge in [-0.05, 0) is 67.1 Å². The van der Waals surface area contributed by atoms with Gasteiger partial charge in [-0.3, -0.25) is 9.59 Å². The summed E-state index contributed by atoms with van der Waals surface area (Å²) in [5.41, 5.74) is 1.04. The van der Waals surface area contributed by atoms with Crippen molar-refractivity contribution in [2.24, 2.45) is 17.8 Å². The van der Waals surface area contributed by atoms with E-state index in [4.69, 9.17) is 4.74 Å². The topological polar surface area (TPSA) is 46.6 Å². The molecule has 5 heteroatoms. The van der Waals surface area contributed by atoms with Crippen molar-refractivity contribution in [2.45, 2.75) is 51.4 Å². The first-order chi connectivity index (χ1) is 13.0. The lowest BCUT2D eigenvalue weighted by atomic mass is 9.69. The molecule has 2 fully saturated rings. The summed E-state index contributed by atoms with van der Waals surface area (Å²) in [6.45, 7) is 3.15. The highest BCUT2D eigenvalue weighted by molar-refractivity contribution is 5.73. The smallest absolute Gasteiger partial charge is 0.305 e. The molecule has 1 aliphatic carbocycles. The number of benzene rings is 1. The first-order valence-corrected chi connectivity index (χ1v) is 10.1. The third kappa shape index (κ3) is 4.69. The highest BCUT2D eigenvalue weighted by Crippen LogP contribution is 2.49. The Morgan fingerprint density at radius 2 is 1.96 bits per heavy atom. The molecular weight excluding hydrogens is 345 g/mol. The van der Waals surface area contributed by atoms with Gasteiger partial charge in [0.05, 0.1) is 7.11 Å². The summed E-state index contributed by atoms with van der Waals surface area (Å²) < 4.78 is 18.9. The van der Waals surface area contributed by atoms with Crippen molar-refractivity contribution in [1.29, 1.82) is 0 Å². The Kier molecular flexibility index (Phi) is 6.51. The molecule has 1 saturated carbocycles. The lowest BCUT2D eigenvalue weighted by Gasteiger charge is -2.40. The number of rotatable bonds is 5. The van der Waals surface area contributed by atoms with Crippen LogP contribution in [-0.2, 0) is 14.3 Å². The second kappa shape index (κ2) is 8.85. The summed E-state index contributed by atoms with van der Waals surface area (Å²) in [5.74, 6) is 1.05. The molecule has 0 radical (unpaired) electrons. The van der Waals surface area contributed by atoms with Crippen molar-refractivity contribution in [2.75, 3.05) is 20.2 Å². The van der Waals surface area contributed by atoms with Gasteiger partial charge in [-0.25, -0.2) is 4.39 Å². The van der Waals surface area contributed by atoms with Gasteiger partial charge in [0.2, 0.25) is 5.91 Å². The lowest BCUT2D eigenvalue weighted by Crippen LogP contribution is -2.40. The van der Waals surface area contributed by atoms with Crippen molar-refractivity contribution in [3.63, 3.8) is 0 Å². The predicted molar refractivity (Wildman–Crippen MR) is 102 cm³/mol. The number of ether oxygens (including phenoxy) is 1. The Morgan fingerprint density at radius 1 is 1.22 bits per heavy atom. The third-order valence-electron chi connectivity index (χ3n) is 6.56. The largest absolute Gasteiger partial charge is 0.469 e. The van der Waals surface area contributed by atoms with Crippen molar-refractivity contribution < 1.29 is 18.7 Å². The number of carbonyl (C=O) groups is 2. The Labute approximate surface area is 161 Å². The second-order valence-electron chi connectivity index (χ2n) is 8.06. The monoisotopic (exact) mass is 375 g/mol. The van der Waals surface area contributed by atoms with Crippen molar-refractivity contribution in [3.8, 4) is 0 Å². The fourth-order valence-corrected chi connectivity index (χ4v) is 5.25. The Bertz CT molecular complexity index is 669. The third-order valence-corrected chi connectivity index (χ3v) is 6.56. The molecule has 0 spiro atoms. The molecule has 0 N–H and O–H groups in total. The van der Waals surface area contributed by atoms with Crippen molar-refractivity contribution in [3.05, 3.63) is 35.6 Å². The molecule has 1 heterocycles. The van der Waals surface area contributed by atoms with Crippen LogP contribution >= 0.6 is 0 Å². The van der Waals surface area contributed by atoms with Crippen LogP contribution in [0.2, 0.25) is 0 Å². The van der Waals surface area contributed by atoms with E-state index < -0.39 is 0 Å². The average Bonchev–Trinajstić information content (AvgIpc) is 3.10. The van der Waals surface area contributed by atoms with Crippen molar-refractivity contribution >= 4 is 11.9 Å². The van der Waals surface area contributed by atoms with E-state index in [2.05, 4.69) is 0 Å². The Morgan fingerprint density at radius 3 is 2.59 bits per heavy atom. The molecule has 148 valence electrons. The van der Waals surface area contributed by atoms with Gasteiger partial charge in [0.15, 0.2) is 0 Å². The number of methoxy groups -OCH3 is 1. The second-order valence-corrected chi connectivity index (χ2v) is 8.06. The minimum absolute atomic E-state index is 0.125. The fourth-order valence-electron chi connectivity index (χ4n) is 5.25. The van der Waals surface area contributed by atoms with Gasteiger partial charge in [0.1, 0.15) is 5.82 Å². The molecule has 3 rings (SSSR count). The molecule has 3 atom stereocenters. The van der Waals surface area contributed by atoms with Crippen LogP contribution in [0, 0.1) is 23.6 Å². The van der Waals surface area contributed by atoms with Crippen LogP contribution in [0.5, 0.6) is 0 Å². The fraction of sp³-hybridized carbons (Fsp3) is 0.636. The number of hydrogen-bond donors (Lipinski definition) is 0. The number of nitrogens with zero attached hydrogens (tertiary/aromatic N) is 1. The zero-order valence-electron chi connectivity index (χ0n) is 16.3. The molecule has 2 aliphatic rings. The van der Waals surface area contributed by atoms with Gasteiger partial charge in [0, 0.05) is 26.4 Å². The van der Waals surface area contributed by atoms with Crippen LogP contribution in [0.4, 0.5) is 4.39 Å². The number of hydrogen-bond acceptors (Lipinski definition) is 3. The molecule has 27 heavy (non-hydrogen) atoms. The molecular formula is C22H30FNO3. The summed E-state index contributed by atoms with van der Waals surface area (Å²) in [6.07, 6.45) is 5.50. The predicted octanol–water partition coefficient (Wildman–Crippen LogP) is 4.15. The van der Waals surface area contributed by atoms with Gasteiger partial charge in [-0.2, -0.15) is 0 Å². The Balaban J connectivity index is 1.84. The lowest BCUT2D eigenvalue weighted by molar-refractivity contribution is -0.142. The minimum Gasteiger partial charge on any atom is -0.469 e. The van der Waals surface area contributed by atoms with Crippen LogP contribution in [-0.4, -0.2) is 37.0 Å². The number of esters is 1. The van der Waals surface area contributed by atoms with Crippen LogP contribution in [0.3, 0.4) is 0 Å². The number of carbonyl (C=O) groups excluding carboxylic acids is 2. The van der Waals surface area contributed by atoms with E-state index >= 15 is 0 Å². The SMILES string of the molecule is COC(=O)C[C@H]1CCC[C@@H]1C(c1cccc(F)c1)C1CCN(C(C)=O)CC1. The number of likely N-dealkylation sites (tertiary alicyclic amines) is 1. The van der Waals surface area contributed by atoms with Crippen LogP contribution < -0.4 is 0 Å². The summed E-state index contributed by atoms with van der Waals surface area (Å²) in [5, 5.41) is 0. The van der Waals surface area contributed by atoms with Crippen molar-refractivity contribution in [1.82, 2.24) is 4.90 Å². The molecule has 1 aromatic carbocycles. The van der Waals surface area contributed by atoms with Gasteiger partial charge < -0.3 is 9.64 Å². The summed E-state index contributed by atoms with van der Waals surface area (Å²) in [4.78, 5) is 25.5. The first kappa shape index (κ1) is 19.8. The van der Waals surface area contributed by atoms with E-state index in [0.29, 0.717) is 18.3 Å². The van der Waals surface area contributed by atoms with E-state index in [9.17, 15) is 14.0 Å². The molecule has 0 aromatic heterocycles. The van der Waals surface area contributed by atoms with Crippen LogP contribution in [0.25, 0.3) is 0 Å². The molecule has 4 nitrogen and oxygen atoms in total. The summed E-state index contributed by atoms with van der Waals surface area (Å²) >= 11 is 0. The zero-order valence-corrected chi connectivity index (χ0v) is 16.3. The zero-order chi connectivity index (χ0) is 19.4. The Hall–Kier alpha value is -1.91. The standard InChI is InChI=1S/C22H30FNO3/c1-15(25)24-11-9-16(10-12-24)22(18-6-3-7-19(23)13-18)20-8-4-5-17(20)14-21(26)27-2/h3,6-7,13,16-17,20,22H,4-5,8-12,14H2,1-2H3/t17-,20+,22?/m1/s1. The maximum absolute atomic E-state index is 14.0. The van der Waals surface area contributed by atoms with Gasteiger partial charge in [-0.15, -0.1) is 0 Å². The highest BCUT2D eigenvalue weighted by atomic mass is 19.1. The quantitative estimate of drug-likeness (QED) is 0.727.